The number of nitrogens with zero attached hydrogens (tertiary/aromatic N) is 2. The Kier molecular flexibility index (Phi) is 7.28. The molecule has 5 heteroatoms. The van der Waals surface area contributed by atoms with Gasteiger partial charge in [-0.25, -0.2) is 0 Å². The maximum absolute atomic E-state index is 12.3. The number of aromatic nitrogens is 2. The van der Waals surface area contributed by atoms with Gasteiger partial charge >= 0.3 is 0 Å². The normalized spacial score (nSPS) is 10.9. The minimum Gasteiger partial charge on any atom is -0.508 e. The maximum atomic E-state index is 12.3. The van der Waals surface area contributed by atoms with Crippen LogP contribution in [-0.4, -0.2) is 27.3 Å². The first-order valence-corrected chi connectivity index (χ1v) is 10.6. The summed E-state index contributed by atoms with van der Waals surface area (Å²) < 4.78 is 2.03. The Morgan fingerprint density at radius 1 is 0.967 bits per heavy atom. The number of benzene rings is 2. The molecular weight excluding hydrogens is 374 g/mol. The van der Waals surface area contributed by atoms with E-state index in [1.54, 1.807) is 12.1 Å². The number of phenols is 1. The van der Waals surface area contributed by atoms with Gasteiger partial charge in [0.1, 0.15) is 5.75 Å². The average molecular weight is 406 g/mol. The van der Waals surface area contributed by atoms with Crippen LogP contribution in [0.3, 0.4) is 0 Å². The fraction of sp³-hybridized carbons (Fsp3) is 0.360. The number of carbonyl (C=O) groups excluding carboxylic acids is 1. The molecule has 0 saturated carbocycles. The highest BCUT2D eigenvalue weighted by Crippen LogP contribution is 2.17. The van der Waals surface area contributed by atoms with Crippen LogP contribution in [0.25, 0.3) is 0 Å². The minimum absolute atomic E-state index is 0.0748. The van der Waals surface area contributed by atoms with Crippen molar-refractivity contribution in [3.05, 3.63) is 82.2 Å². The minimum atomic E-state index is 0.0748. The van der Waals surface area contributed by atoms with Gasteiger partial charge in [0.05, 0.1) is 12.2 Å². The zero-order valence-electron chi connectivity index (χ0n) is 18.1. The third-order valence-corrected chi connectivity index (χ3v) is 5.49. The van der Waals surface area contributed by atoms with E-state index in [1.807, 2.05) is 23.7 Å². The predicted octanol–water partition coefficient (Wildman–Crippen LogP) is 4.24. The van der Waals surface area contributed by atoms with Gasteiger partial charge in [0.2, 0.25) is 5.91 Å². The van der Waals surface area contributed by atoms with E-state index in [0.29, 0.717) is 19.4 Å². The largest absolute Gasteiger partial charge is 0.508 e. The Morgan fingerprint density at radius 3 is 2.33 bits per heavy atom. The number of aromatic hydroxyl groups is 1. The first kappa shape index (κ1) is 21.6. The van der Waals surface area contributed by atoms with Crippen LogP contribution in [0.4, 0.5) is 0 Å². The van der Waals surface area contributed by atoms with Crippen LogP contribution in [0.2, 0.25) is 0 Å². The fourth-order valence-electron chi connectivity index (χ4n) is 3.63. The van der Waals surface area contributed by atoms with Crippen molar-refractivity contribution in [2.45, 2.75) is 53.0 Å². The molecule has 0 fully saturated rings. The van der Waals surface area contributed by atoms with Crippen LogP contribution in [0.1, 0.15) is 46.5 Å². The summed E-state index contributed by atoms with van der Waals surface area (Å²) in [5, 5.41) is 17.0. The van der Waals surface area contributed by atoms with Crippen LogP contribution in [0, 0.1) is 20.8 Å². The third-order valence-electron chi connectivity index (χ3n) is 5.49. The Balaban J connectivity index is 1.45. The molecule has 5 nitrogen and oxygen atoms in total. The van der Waals surface area contributed by atoms with E-state index in [1.165, 1.54) is 16.7 Å². The van der Waals surface area contributed by atoms with Gasteiger partial charge in [-0.3, -0.25) is 9.48 Å². The zero-order chi connectivity index (χ0) is 21.5. The molecule has 0 atom stereocenters. The lowest BCUT2D eigenvalue weighted by molar-refractivity contribution is -0.121. The number of aryl methyl sites for hydroxylation is 3. The number of nitrogens with one attached hydrogen (secondary N) is 1. The van der Waals surface area contributed by atoms with Gasteiger partial charge in [-0.1, -0.05) is 42.0 Å². The summed E-state index contributed by atoms with van der Waals surface area (Å²) in [6, 6.07) is 15.7. The number of rotatable bonds is 9. The standard InChI is InChI=1S/C25H31N3O2/c1-18-6-8-22(9-7-18)17-28-20(3)24(19(2)27-28)14-15-25(30)26-16-4-5-21-10-12-23(29)13-11-21/h6-13,29H,4-5,14-17H2,1-3H3,(H,26,30). The van der Waals surface area contributed by atoms with Gasteiger partial charge in [-0.2, -0.15) is 5.10 Å². The molecule has 2 aromatic carbocycles. The Morgan fingerprint density at radius 2 is 1.63 bits per heavy atom. The van der Waals surface area contributed by atoms with Crippen LogP contribution >= 0.6 is 0 Å². The second-order valence-electron chi connectivity index (χ2n) is 7.91. The summed E-state index contributed by atoms with van der Waals surface area (Å²) >= 11 is 0. The number of hydrogen-bond donors (Lipinski definition) is 2. The van der Waals surface area contributed by atoms with Crippen molar-refractivity contribution in [2.24, 2.45) is 0 Å². The zero-order valence-corrected chi connectivity index (χ0v) is 18.1. The highest BCUT2D eigenvalue weighted by molar-refractivity contribution is 5.76. The molecule has 0 unspecified atom stereocenters. The lowest BCUT2D eigenvalue weighted by atomic mass is 10.1. The number of amides is 1. The van der Waals surface area contributed by atoms with Crippen molar-refractivity contribution in [1.82, 2.24) is 15.1 Å². The Hall–Kier alpha value is -3.08. The smallest absolute Gasteiger partial charge is 0.220 e. The highest BCUT2D eigenvalue weighted by atomic mass is 16.3. The lowest BCUT2D eigenvalue weighted by Crippen LogP contribution is -2.25. The van der Waals surface area contributed by atoms with Crippen molar-refractivity contribution >= 4 is 5.91 Å². The first-order valence-electron chi connectivity index (χ1n) is 10.6. The van der Waals surface area contributed by atoms with Gasteiger partial charge in [0.15, 0.2) is 0 Å². The van der Waals surface area contributed by atoms with E-state index in [-0.39, 0.29) is 11.7 Å². The molecule has 3 aromatic rings. The Labute approximate surface area is 178 Å². The quantitative estimate of drug-likeness (QED) is 0.523. The molecule has 2 N–H and O–H groups in total. The van der Waals surface area contributed by atoms with Crippen LogP contribution < -0.4 is 5.32 Å². The average Bonchev–Trinajstić information content (AvgIpc) is 2.99. The SMILES string of the molecule is Cc1ccc(Cn2nc(C)c(CCC(=O)NCCCc3ccc(O)cc3)c2C)cc1. The molecule has 0 spiro atoms. The van der Waals surface area contributed by atoms with E-state index in [4.69, 9.17) is 0 Å². The van der Waals surface area contributed by atoms with Crippen LogP contribution in [-0.2, 0) is 24.2 Å². The van der Waals surface area contributed by atoms with Crippen molar-refractivity contribution in [2.75, 3.05) is 6.54 Å². The first-order chi connectivity index (χ1) is 14.4. The summed E-state index contributed by atoms with van der Waals surface area (Å²) in [4.78, 5) is 12.3. The van der Waals surface area contributed by atoms with Crippen LogP contribution in [0.5, 0.6) is 5.75 Å². The monoisotopic (exact) mass is 405 g/mol. The molecular formula is C25H31N3O2. The van der Waals surface area contributed by atoms with Crippen molar-refractivity contribution in [1.29, 1.82) is 0 Å². The summed E-state index contributed by atoms with van der Waals surface area (Å²) in [7, 11) is 0. The van der Waals surface area contributed by atoms with E-state index in [2.05, 4.69) is 48.5 Å². The molecule has 1 amide bonds. The van der Waals surface area contributed by atoms with Crippen molar-refractivity contribution in [3.63, 3.8) is 0 Å². The number of phenolic OH excluding ortho intramolecular Hbond substituents is 1. The van der Waals surface area contributed by atoms with Gasteiger partial charge < -0.3 is 10.4 Å². The predicted molar refractivity (Wildman–Crippen MR) is 120 cm³/mol. The number of hydrogen-bond acceptors (Lipinski definition) is 3. The van der Waals surface area contributed by atoms with E-state index < -0.39 is 0 Å². The summed E-state index contributed by atoms with van der Waals surface area (Å²) in [6.07, 6.45) is 2.93. The highest BCUT2D eigenvalue weighted by Gasteiger charge is 2.13. The molecule has 0 bridgehead atoms. The lowest BCUT2D eigenvalue weighted by Gasteiger charge is -2.07. The van der Waals surface area contributed by atoms with Crippen LogP contribution in [0.15, 0.2) is 48.5 Å². The summed E-state index contributed by atoms with van der Waals surface area (Å²) in [5.74, 6) is 0.352. The van der Waals surface area contributed by atoms with Gasteiger partial charge in [-0.15, -0.1) is 0 Å². The molecule has 0 saturated heterocycles. The summed E-state index contributed by atoms with van der Waals surface area (Å²) in [6.45, 7) is 7.59. The fourth-order valence-corrected chi connectivity index (χ4v) is 3.63. The number of carbonyl (C=O) groups is 1. The second-order valence-corrected chi connectivity index (χ2v) is 7.91. The second kappa shape index (κ2) is 10.1. The molecule has 1 aromatic heterocycles. The van der Waals surface area contributed by atoms with E-state index in [9.17, 15) is 9.90 Å². The van der Waals surface area contributed by atoms with Gasteiger partial charge in [-0.05, 0) is 68.9 Å². The molecule has 3 rings (SSSR count). The Bertz CT molecular complexity index is 973. The molecule has 0 radical (unpaired) electrons. The van der Waals surface area contributed by atoms with Gasteiger partial charge in [0, 0.05) is 18.7 Å². The molecule has 30 heavy (non-hydrogen) atoms. The molecule has 0 aliphatic carbocycles. The molecule has 1 heterocycles. The van der Waals surface area contributed by atoms with E-state index in [0.717, 1.165) is 36.3 Å². The topological polar surface area (TPSA) is 67.2 Å². The van der Waals surface area contributed by atoms with Gasteiger partial charge in [0.25, 0.3) is 0 Å². The molecule has 158 valence electrons. The van der Waals surface area contributed by atoms with E-state index >= 15 is 0 Å². The van der Waals surface area contributed by atoms with Crippen molar-refractivity contribution < 1.29 is 9.90 Å². The third kappa shape index (κ3) is 5.96. The molecule has 0 aliphatic heterocycles. The maximum Gasteiger partial charge on any atom is 0.220 e. The molecule has 0 aliphatic rings. The van der Waals surface area contributed by atoms with Crippen molar-refractivity contribution in [3.8, 4) is 5.75 Å². The summed E-state index contributed by atoms with van der Waals surface area (Å²) in [5.41, 5.74) is 6.94.